The minimum atomic E-state index is -3.18. The summed E-state index contributed by atoms with van der Waals surface area (Å²) in [5, 5.41) is 6.49. The molecule has 0 saturated heterocycles. The number of aliphatic imine (C=N–C) groups is 1. The third kappa shape index (κ3) is 6.30. The summed E-state index contributed by atoms with van der Waals surface area (Å²) in [6, 6.07) is 4.19. The molecule has 0 radical (unpaired) electrons. The van der Waals surface area contributed by atoms with Crippen molar-refractivity contribution in [2.75, 3.05) is 19.8 Å². The molecule has 1 aliphatic carbocycles. The molecule has 0 heterocycles. The minimum absolute atomic E-state index is 0.103. The number of hydrogen-bond acceptors (Lipinski definition) is 3. The van der Waals surface area contributed by atoms with Crippen LogP contribution in [-0.2, 0) is 22.1 Å². The van der Waals surface area contributed by atoms with Gasteiger partial charge in [-0.25, -0.2) is 12.8 Å². The first-order valence-electron chi connectivity index (χ1n) is 8.60. The van der Waals surface area contributed by atoms with Gasteiger partial charge in [-0.05, 0) is 41.5 Å². The smallest absolute Gasteiger partial charge is 0.191 e. The van der Waals surface area contributed by atoms with Gasteiger partial charge in [-0.2, -0.15) is 0 Å². The lowest BCUT2D eigenvalue weighted by Gasteiger charge is -2.25. The van der Waals surface area contributed by atoms with E-state index in [9.17, 15) is 12.8 Å². The van der Waals surface area contributed by atoms with Crippen LogP contribution >= 0.6 is 0 Å². The molecule has 1 fully saturated rings. The van der Waals surface area contributed by atoms with Crippen molar-refractivity contribution in [2.24, 2.45) is 10.4 Å². The summed E-state index contributed by atoms with van der Waals surface area (Å²) in [5.41, 5.74) is 1.52. The van der Waals surface area contributed by atoms with Crippen LogP contribution in [0.1, 0.15) is 43.7 Å². The molecule has 0 spiro atoms. The third-order valence-electron chi connectivity index (χ3n) is 4.75. The van der Waals surface area contributed by atoms with Crippen molar-refractivity contribution in [3.8, 4) is 0 Å². The monoisotopic (exact) mass is 369 g/mol. The summed E-state index contributed by atoms with van der Waals surface area (Å²) in [5.74, 6) is 0.159. The van der Waals surface area contributed by atoms with Crippen LogP contribution in [0.5, 0.6) is 0 Å². The highest BCUT2D eigenvalue weighted by atomic mass is 32.2. The third-order valence-corrected chi connectivity index (χ3v) is 5.58. The molecule has 0 unspecified atom stereocenters. The van der Waals surface area contributed by atoms with Gasteiger partial charge in [-0.3, -0.25) is 4.99 Å². The number of guanidine groups is 1. The summed E-state index contributed by atoms with van der Waals surface area (Å²) in [7, 11) is -1.49. The lowest BCUT2D eigenvalue weighted by atomic mass is 9.89. The Morgan fingerprint density at radius 3 is 2.52 bits per heavy atom. The Hall–Kier alpha value is -1.63. The first-order chi connectivity index (χ1) is 11.7. The lowest BCUT2D eigenvalue weighted by molar-refractivity contribution is 0.334. The van der Waals surface area contributed by atoms with Crippen LogP contribution in [0.25, 0.3) is 0 Å². The lowest BCUT2D eigenvalue weighted by Crippen LogP contribution is -2.41. The van der Waals surface area contributed by atoms with E-state index in [1.54, 1.807) is 7.05 Å². The van der Waals surface area contributed by atoms with Crippen molar-refractivity contribution >= 4 is 15.8 Å². The molecule has 1 aliphatic rings. The van der Waals surface area contributed by atoms with Gasteiger partial charge in [-0.1, -0.05) is 25.8 Å². The number of rotatable bonds is 6. The normalized spacial score (nSPS) is 17.5. The molecular formula is C18H28FN3O2S. The minimum Gasteiger partial charge on any atom is -0.356 e. The zero-order valence-electron chi connectivity index (χ0n) is 15.2. The predicted octanol–water partition coefficient (Wildman–Crippen LogP) is 2.62. The van der Waals surface area contributed by atoms with Crippen molar-refractivity contribution in [1.29, 1.82) is 0 Å². The Morgan fingerprint density at radius 1 is 1.24 bits per heavy atom. The summed E-state index contributed by atoms with van der Waals surface area (Å²) in [6.45, 7) is 3.43. The van der Waals surface area contributed by atoms with E-state index < -0.39 is 9.84 Å². The first-order valence-corrected chi connectivity index (χ1v) is 10.7. The van der Waals surface area contributed by atoms with Crippen LogP contribution in [0, 0.1) is 11.2 Å². The van der Waals surface area contributed by atoms with E-state index in [0.717, 1.165) is 6.54 Å². The Balaban J connectivity index is 1.99. The predicted molar refractivity (Wildman–Crippen MR) is 99.7 cm³/mol. The van der Waals surface area contributed by atoms with Crippen molar-refractivity contribution in [1.82, 2.24) is 10.6 Å². The van der Waals surface area contributed by atoms with Crippen molar-refractivity contribution < 1.29 is 12.8 Å². The van der Waals surface area contributed by atoms with Crippen LogP contribution < -0.4 is 10.6 Å². The Bertz CT molecular complexity index is 726. The Labute approximate surface area is 150 Å². The number of nitrogens with zero attached hydrogens (tertiary/aromatic N) is 1. The van der Waals surface area contributed by atoms with Gasteiger partial charge in [0.25, 0.3) is 0 Å². The molecule has 1 aromatic rings. The number of sulfone groups is 1. The molecule has 0 amide bonds. The van der Waals surface area contributed by atoms with Gasteiger partial charge in [-0.15, -0.1) is 0 Å². The average Bonchev–Trinajstić information content (AvgIpc) is 2.95. The quantitative estimate of drug-likeness (QED) is 0.597. The Morgan fingerprint density at radius 2 is 1.92 bits per heavy atom. The van der Waals surface area contributed by atoms with Gasteiger partial charge >= 0.3 is 0 Å². The van der Waals surface area contributed by atoms with Gasteiger partial charge in [0.2, 0.25) is 0 Å². The average molecular weight is 370 g/mol. The molecule has 0 atom stereocenters. The van der Waals surface area contributed by atoms with Crippen LogP contribution in [-0.4, -0.2) is 34.2 Å². The number of nitrogens with one attached hydrogen (secondary N) is 2. The van der Waals surface area contributed by atoms with Gasteiger partial charge in [0.1, 0.15) is 5.82 Å². The van der Waals surface area contributed by atoms with Gasteiger partial charge in [0, 0.05) is 26.4 Å². The number of hydrogen-bond donors (Lipinski definition) is 2. The SMILES string of the molecule is CN=C(NCc1cc(F)ccc1CS(C)(=O)=O)NCC1(C)CCCC1. The van der Waals surface area contributed by atoms with E-state index in [-0.39, 0.29) is 17.0 Å². The topological polar surface area (TPSA) is 70.6 Å². The van der Waals surface area contributed by atoms with Crippen LogP contribution in [0.3, 0.4) is 0 Å². The summed E-state index contributed by atoms with van der Waals surface area (Å²) in [6.07, 6.45) is 6.12. The standard InChI is InChI=1S/C18H28FN3O2S/c1-18(8-4-5-9-18)13-22-17(20-2)21-11-15-10-16(19)7-6-14(15)12-25(3,23)24/h6-7,10H,4-5,8-9,11-13H2,1-3H3,(H2,20,21,22). The summed E-state index contributed by atoms with van der Waals surface area (Å²) < 4.78 is 36.7. The fraction of sp³-hybridized carbons (Fsp3) is 0.611. The van der Waals surface area contributed by atoms with Crippen LogP contribution in [0.4, 0.5) is 4.39 Å². The zero-order chi connectivity index (χ0) is 18.5. The maximum Gasteiger partial charge on any atom is 0.191 e. The molecule has 1 saturated carbocycles. The van der Waals surface area contributed by atoms with E-state index in [2.05, 4.69) is 22.5 Å². The van der Waals surface area contributed by atoms with E-state index in [0.29, 0.717) is 23.6 Å². The maximum absolute atomic E-state index is 13.6. The van der Waals surface area contributed by atoms with E-state index >= 15 is 0 Å². The van der Waals surface area contributed by atoms with Crippen LogP contribution in [0.2, 0.25) is 0 Å². The molecule has 25 heavy (non-hydrogen) atoms. The molecule has 2 N–H and O–H groups in total. The highest BCUT2D eigenvalue weighted by Crippen LogP contribution is 2.36. The Kier molecular flexibility index (Phi) is 6.43. The molecule has 140 valence electrons. The van der Waals surface area contributed by atoms with E-state index in [1.165, 1.54) is 50.1 Å². The second-order valence-electron chi connectivity index (χ2n) is 7.28. The number of halogens is 1. The number of benzene rings is 1. The van der Waals surface area contributed by atoms with Crippen LogP contribution in [0.15, 0.2) is 23.2 Å². The zero-order valence-corrected chi connectivity index (χ0v) is 16.0. The molecule has 2 rings (SSSR count). The van der Waals surface area contributed by atoms with E-state index in [4.69, 9.17) is 0 Å². The molecule has 5 nitrogen and oxygen atoms in total. The second-order valence-corrected chi connectivity index (χ2v) is 9.42. The highest BCUT2D eigenvalue weighted by molar-refractivity contribution is 7.89. The molecule has 0 aromatic heterocycles. The summed E-state index contributed by atoms with van der Waals surface area (Å²) in [4.78, 5) is 4.20. The molecule has 0 bridgehead atoms. The largest absolute Gasteiger partial charge is 0.356 e. The maximum atomic E-state index is 13.6. The second kappa shape index (κ2) is 8.17. The molecular weight excluding hydrogens is 341 g/mol. The molecule has 1 aromatic carbocycles. The highest BCUT2D eigenvalue weighted by Gasteiger charge is 2.28. The molecule has 7 heteroatoms. The van der Waals surface area contributed by atoms with Gasteiger partial charge < -0.3 is 10.6 Å². The fourth-order valence-corrected chi connectivity index (χ4v) is 4.13. The van der Waals surface area contributed by atoms with Crippen molar-refractivity contribution in [3.63, 3.8) is 0 Å². The van der Waals surface area contributed by atoms with E-state index in [1.807, 2.05) is 0 Å². The van der Waals surface area contributed by atoms with Crippen molar-refractivity contribution in [2.45, 2.75) is 44.9 Å². The van der Waals surface area contributed by atoms with Gasteiger partial charge in [0.15, 0.2) is 15.8 Å². The summed E-state index contributed by atoms with van der Waals surface area (Å²) >= 11 is 0. The molecule has 0 aliphatic heterocycles. The van der Waals surface area contributed by atoms with Crippen molar-refractivity contribution in [3.05, 3.63) is 35.1 Å². The van der Waals surface area contributed by atoms with Gasteiger partial charge in [0.05, 0.1) is 5.75 Å². The first kappa shape index (κ1) is 19.7. The fourth-order valence-electron chi connectivity index (χ4n) is 3.28.